The third-order valence-electron chi connectivity index (χ3n) is 3.49. The van der Waals surface area contributed by atoms with E-state index in [1.165, 1.54) is 28.4 Å². The molecule has 0 radical (unpaired) electrons. The fourth-order valence-electron chi connectivity index (χ4n) is 2.35. The fourth-order valence-corrected chi connectivity index (χ4v) is 2.99. The predicted molar refractivity (Wildman–Crippen MR) is 92.9 cm³/mol. The van der Waals surface area contributed by atoms with Crippen LogP contribution in [0.1, 0.15) is 10.4 Å². The molecule has 128 valence electrons. The van der Waals surface area contributed by atoms with E-state index < -0.39 is 5.97 Å². The summed E-state index contributed by atoms with van der Waals surface area (Å²) in [4.78, 5) is 12.2. The van der Waals surface area contributed by atoms with Crippen molar-refractivity contribution in [2.75, 3.05) is 28.4 Å². The van der Waals surface area contributed by atoms with Crippen LogP contribution >= 0.6 is 23.2 Å². The van der Waals surface area contributed by atoms with Crippen LogP contribution < -0.4 is 14.2 Å². The number of rotatable bonds is 5. The molecule has 0 fully saturated rings. The molecule has 0 unspecified atom stereocenters. The molecule has 5 nitrogen and oxygen atoms in total. The van der Waals surface area contributed by atoms with Crippen LogP contribution in [0.15, 0.2) is 24.3 Å². The van der Waals surface area contributed by atoms with Gasteiger partial charge in [0.1, 0.15) is 22.3 Å². The molecule has 0 amide bonds. The lowest BCUT2D eigenvalue weighted by Gasteiger charge is -2.17. The van der Waals surface area contributed by atoms with Gasteiger partial charge in [-0.25, -0.2) is 4.79 Å². The minimum Gasteiger partial charge on any atom is -0.495 e. The van der Waals surface area contributed by atoms with Crippen molar-refractivity contribution in [3.63, 3.8) is 0 Å². The quantitative estimate of drug-likeness (QED) is 0.726. The lowest BCUT2D eigenvalue weighted by atomic mass is 9.98. The fraction of sp³-hybridized carbons (Fsp3) is 0.235. The van der Waals surface area contributed by atoms with Crippen LogP contribution in [0.5, 0.6) is 17.2 Å². The minimum atomic E-state index is -0.595. The average molecular weight is 371 g/mol. The second-order valence-electron chi connectivity index (χ2n) is 4.66. The second-order valence-corrected chi connectivity index (χ2v) is 5.41. The van der Waals surface area contributed by atoms with Gasteiger partial charge >= 0.3 is 5.97 Å². The summed E-state index contributed by atoms with van der Waals surface area (Å²) in [6.07, 6.45) is 0. The number of hydrogen-bond donors (Lipinski definition) is 0. The Hall–Kier alpha value is -2.11. The molecule has 7 heteroatoms. The molecule has 0 aliphatic rings. The highest BCUT2D eigenvalue weighted by molar-refractivity contribution is 6.36. The maximum atomic E-state index is 12.2. The largest absolute Gasteiger partial charge is 0.495 e. The Bertz CT molecular complexity index is 774. The van der Waals surface area contributed by atoms with Gasteiger partial charge in [-0.2, -0.15) is 0 Å². The first kappa shape index (κ1) is 18.2. The summed E-state index contributed by atoms with van der Waals surface area (Å²) in [7, 11) is 5.73. The Morgan fingerprint density at radius 2 is 1.33 bits per heavy atom. The van der Waals surface area contributed by atoms with Crippen LogP contribution in [0.3, 0.4) is 0 Å². The molecule has 0 aromatic heterocycles. The Morgan fingerprint density at radius 1 is 0.792 bits per heavy atom. The predicted octanol–water partition coefficient (Wildman–Crippen LogP) is 4.47. The molecule has 0 bridgehead atoms. The van der Waals surface area contributed by atoms with Gasteiger partial charge < -0.3 is 18.9 Å². The second kappa shape index (κ2) is 7.64. The van der Waals surface area contributed by atoms with Gasteiger partial charge in [-0.05, 0) is 24.3 Å². The molecule has 2 aromatic carbocycles. The van der Waals surface area contributed by atoms with E-state index >= 15 is 0 Å². The first-order valence-corrected chi connectivity index (χ1v) is 7.61. The van der Waals surface area contributed by atoms with Crippen molar-refractivity contribution in [1.82, 2.24) is 0 Å². The average Bonchev–Trinajstić information content (AvgIpc) is 2.60. The van der Waals surface area contributed by atoms with Gasteiger partial charge in [-0.1, -0.05) is 23.2 Å². The van der Waals surface area contributed by atoms with E-state index in [-0.39, 0.29) is 10.6 Å². The number of benzene rings is 2. The molecular formula is C17H16Cl2O5. The van der Waals surface area contributed by atoms with Crippen molar-refractivity contribution in [3.05, 3.63) is 39.9 Å². The molecule has 0 heterocycles. The SMILES string of the molecule is COC(=O)c1c(-c2ccc(OC)c(Cl)c2OC)ccc(OC)c1Cl. The Labute approximate surface area is 150 Å². The molecule has 2 aromatic rings. The van der Waals surface area contributed by atoms with Crippen LogP contribution in [0.4, 0.5) is 0 Å². The summed E-state index contributed by atoms with van der Waals surface area (Å²) in [6, 6.07) is 6.76. The topological polar surface area (TPSA) is 54.0 Å². The van der Waals surface area contributed by atoms with Crippen molar-refractivity contribution < 1.29 is 23.7 Å². The van der Waals surface area contributed by atoms with Crippen molar-refractivity contribution >= 4 is 29.2 Å². The molecule has 0 spiro atoms. The van der Waals surface area contributed by atoms with E-state index in [1.54, 1.807) is 24.3 Å². The third-order valence-corrected chi connectivity index (χ3v) is 4.23. The zero-order chi connectivity index (χ0) is 17.9. The maximum Gasteiger partial charge on any atom is 0.340 e. The van der Waals surface area contributed by atoms with Crippen molar-refractivity contribution in [2.24, 2.45) is 0 Å². The van der Waals surface area contributed by atoms with Crippen LogP contribution in [0.25, 0.3) is 11.1 Å². The van der Waals surface area contributed by atoms with E-state index in [2.05, 4.69) is 0 Å². The molecule has 0 aliphatic carbocycles. The van der Waals surface area contributed by atoms with Crippen LogP contribution in [0, 0.1) is 0 Å². The van der Waals surface area contributed by atoms with Crippen LogP contribution in [0.2, 0.25) is 10.0 Å². The number of esters is 1. The van der Waals surface area contributed by atoms with Gasteiger partial charge in [0, 0.05) is 11.1 Å². The van der Waals surface area contributed by atoms with E-state index in [4.69, 9.17) is 42.1 Å². The lowest BCUT2D eigenvalue weighted by molar-refractivity contribution is 0.0601. The minimum absolute atomic E-state index is 0.149. The molecule has 0 N–H and O–H groups in total. The van der Waals surface area contributed by atoms with E-state index in [9.17, 15) is 4.79 Å². The van der Waals surface area contributed by atoms with E-state index in [0.717, 1.165) is 0 Å². The van der Waals surface area contributed by atoms with Crippen LogP contribution in [-0.4, -0.2) is 34.4 Å². The highest BCUT2D eigenvalue weighted by Gasteiger charge is 2.24. The maximum absolute atomic E-state index is 12.2. The third kappa shape index (κ3) is 3.09. The highest BCUT2D eigenvalue weighted by atomic mass is 35.5. The standard InChI is InChI=1S/C17H16Cl2O5/c1-21-11-7-5-9(13(14(11)18)17(20)24-4)10-6-8-12(22-2)15(19)16(10)23-3/h5-8H,1-4H3. The van der Waals surface area contributed by atoms with Gasteiger partial charge in [0.05, 0.1) is 39.0 Å². The molecule has 0 saturated carbocycles. The molecule has 0 aliphatic heterocycles. The number of hydrogen-bond acceptors (Lipinski definition) is 5. The van der Waals surface area contributed by atoms with Gasteiger partial charge in [-0.3, -0.25) is 0 Å². The summed E-state index contributed by atoms with van der Waals surface area (Å²) < 4.78 is 20.6. The summed E-state index contributed by atoms with van der Waals surface area (Å²) >= 11 is 12.6. The molecule has 2 rings (SSSR count). The number of methoxy groups -OCH3 is 4. The molecule has 0 saturated heterocycles. The van der Waals surface area contributed by atoms with Gasteiger partial charge in [-0.15, -0.1) is 0 Å². The van der Waals surface area contributed by atoms with Gasteiger partial charge in [0.15, 0.2) is 0 Å². The summed E-state index contributed by atoms with van der Waals surface area (Å²) in [5, 5.41) is 0.441. The van der Waals surface area contributed by atoms with Crippen molar-refractivity contribution in [1.29, 1.82) is 0 Å². The zero-order valence-corrected chi connectivity index (χ0v) is 15.1. The van der Waals surface area contributed by atoms with E-state index in [0.29, 0.717) is 33.4 Å². The lowest BCUT2D eigenvalue weighted by Crippen LogP contribution is -2.06. The summed E-state index contributed by atoms with van der Waals surface area (Å²) in [5.41, 5.74) is 1.25. The Balaban J connectivity index is 2.80. The highest BCUT2D eigenvalue weighted by Crippen LogP contribution is 2.45. The van der Waals surface area contributed by atoms with Gasteiger partial charge in [0.25, 0.3) is 0 Å². The Kier molecular flexibility index (Phi) is 5.80. The molecule has 24 heavy (non-hydrogen) atoms. The zero-order valence-electron chi connectivity index (χ0n) is 13.6. The smallest absolute Gasteiger partial charge is 0.340 e. The number of halogens is 2. The summed E-state index contributed by atoms with van der Waals surface area (Å²) in [6.45, 7) is 0. The normalized spacial score (nSPS) is 10.2. The van der Waals surface area contributed by atoms with Crippen molar-refractivity contribution in [2.45, 2.75) is 0 Å². The van der Waals surface area contributed by atoms with Gasteiger partial charge in [0.2, 0.25) is 0 Å². The number of carbonyl (C=O) groups is 1. The monoisotopic (exact) mass is 370 g/mol. The van der Waals surface area contributed by atoms with E-state index in [1.807, 2.05) is 0 Å². The molecular weight excluding hydrogens is 355 g/mol. The molecule has 0 atom stereocenters. The Morgan fingerprint density at radius 3 is 1.83 bits per heavy atom. The van der Waals surface area contributed by atoms with Crippen molar-refractivity contribution in [3.8, 4) is 28.4 Å². The summed E-state index contributed by atoms with van der Waals surface area (Å²) in [5.74, 6) is 0.584. The first-order chi connectivity index (χ1) is 11.5. The number of carbonyl (C=O) groups excluding carboxylic acids is 1. The van der Waals surface area contributed by atoms with Crippen LogP contribution in [-0.2, 0) is 4.74 Å². The first-order valence-electron chi connectivity index (χ1n) is 6.85. The number of ether oxygens (including phenoxy) is 4.